The van der Waals surface area contributed by atoms with Crippen molar-refractivity contribution in [3.63, 3.8) is 0 Å². The van der Waals surface area contributed by atoms with Gasteiger partial charge >= 0.3 is 0 Å². The van der Waals surface area contributed by atoms with Crippen LogP contribution < -0.4 is 14.9 Å². The molecule has 0 saturated heterocycles. The highest BCUT2D eigenvalue weighted by molar-refractivity contribution is 7.92. The minimum absolute atomic E-state index is 0.160. The molecule has 5 nitrogen and oxygen atoms in total. The summed E-state index contributed by atoms with van der Waals surface area (Å²) in [4.78, 5) is 14.6. The number of sulfonamides is 1. The molecule has 0 heterocycles. The Labute approximate surface area is 199 Å². The number of carbonyl (C=O) groups is 1. The highest BCUT2D eigenvalue weighted by atomic mass is 32.2. The summed E-state index contributed by atoms with van der Waals surface area (Å²) in [5, 5.41) is 0.803. The maximum atomic E-state index is 13.1. The second-order valence-electron chi connectivity index (χ2n) is 7.52. The van der Waals surface area contributed by atoms with E-state index >= 15 is 0 Å². The minimum atomic E-state index is -3.81. The Morgan fingerprint density at radius 1 is 0.969 bits per heavy atom. The summed E-state index contributed by atoms with van der Waals surface area (Å²) in [6, 6.07) is 19.4. The zero-order chi connectivity index (χ0) is 23.7. The van der Waals surface area contributed by atoms with E-state index in [-0.39, 0.29) is 15.4 Å². The summed E-state index contributed by atoms with van der Waals surface area (Å²) < 4.78 is 28.4. The van der Waals surface area contributed by atoms with Gasteiger partial charge in [0.05, 0.1) is 4.90 Å². The van der Waals surface area contributed by atoms with E-state index in [0.29, 0.717) is 22.5 Å². The fourth-order valence-electron chi connectivity index (χ4n) is 3.20. The molecule has 0 aliphatic rings. The van der Waals surface area contributed by atoms with Crippen LogP contribution >= 0.6 is 37.0 Å². The lowest BCUT2D eigenvalue weighted by Gasteiger charge is -2.21. The Morgan fingerprint density at radius 3 is 2.28 bits per heavy atom. The summed E-state index contributed by atoms with van der Waals surface area (Å²) in [5.74, 6) is -0.170. The minimum Gasteiger partial charge on any atom is -0.311 e. The molecule has 0 radical (unpaired) electrons. The van der Waals surface area contributed by atoms with Gasteiger partial charge < -0.3 is 4.90 Å². The number of rotatable bonds is 6. The standard InChI is InChI=1S/C22H26N2O3P4S/c1-14-12-17(24(2)21(25)18-8-3-4-9-19(18)28)10-11-20(14)32(26,27)23-16-7-5-6-15(13-16)22(29,30)31/h3-13,23H,28-31H2,1-2H3. The van der Waals surface area contributed by atoms with Crippen LogP contribution in [0, 0.1) is 6.92 Å². The fourth-order valence-corrected chi connectivity index (χ4v) is 5.34. The number of nitrogens with zero attached hydrogens (tertiary/aromatic N) is 1. The Hall–Kier alpha value is -1.40. The van der Waals surface area contributed by atoms with E-state index in [1.165, 1.54) is 11.0 Å². The van der Waals surface area contributed by atoms with E-state index in [1.54, 1.807) is 50.4 Å². The van der Waals surface area contributed by atoms with Gasteiger partial charge in [0, 0.05) is 28.6 Å². The van der Waals surface area contributed by atoms with Crippen LogP contribution in [0.4, 0.5) is 11.4 Å². The van der Waals surface area contributed by atoms with E-state index in [1.807, 2.05) is 24.3 Å². The molecule has 1 N–H and O–H groups in total. The first-order valence-corrected chi connectivity index (χ1v) is 13.4. The van der Waals surface area contributed by atoms with Gasteiger partial charge in [-0.2, -0.15) is 0 Å². The Kier molecular flexibility index (Phi) is 7.76. The van der Waals surface area contributed by atoms with Crippen molar-refractivity contribution in [2.24, 2.45) is 0 Å². The number of amides is 1. The van der Waals surface area contributed by atoms with Crippen LogP contribution in [0.1, 0.15) is 21.5 Å². The van der Waals surface area contributed by atoms with Gasteiger partial charge in [0.25, 0.3) is 15.9 Å². The molecule has 0 aromatic heterocycles. The number of aryl methyl sites for hydroxylation is 1. The molecule has 3 aromatic carbocycles. The third-order valence-corrected chi connectivity index (χ3v) is 7.99. The molecule has 0 aliphatic heterocycles. The summed E-state index contributed by atoms with van der Waals surface area (Å²) in [6.07, 6.45) is 0. The van der Waals surface area contributed by atoms with Crippen LogP contribution in [0.2, 0.25) is 0 Å². The normalized spacial score (nSPS) is 11.8. The SMILES string of the molecule is Cc1cc(N(C)C(=O)c2ccccc2P)ccc1S(=O)(=O)Nc1cccc(C(P)(P)P)c1. The number of benzene rings is 3. The van der Waals surface area contributed by atoms with Gasteiger partial charge in [-0.1, -0.05) is 30.3 Å². The first-order valence-electron chi connectivity index (χ1n) is 9.63. The zero-order valence-electron chi connectivity index (χ0n) is 17.7. The summed E-state index contributed by atoms with van der Waals surface area (Å²) in [7, 11) is 8.47. The summed E-state index contributed by atoms with van der Waals surface area (Å²) in [5.41, 5.74) is 3.14. The zero-order valence-corrected chi connectivity index (χ0v) is 23.2. The topological polar surface area (TPSA) is 66.5 Å². The molecule has 0 bridgehead atoms. The Balaban J connectivity index is 1.87. The van der Waals surface area contributed by atoms with Gasteiger partial charge in [-0.15, -0.1) is 37.0 Å². The second-order valence-corrected chi connectivity index (χ2v) is 14.7. The van der Waals surface area contributed by atoms with Gasteiger partial charge in [0.1, 0.15) is 0 Å². The molecule has 4 atom stereocenters. The van der Waals surface area contributed by atoms with Crippen LogP contribution in [0.3, 0.4) is 0 Å². The smallest absolute Gasteiger partial charge is 0.262 e. The van der Waals surface area contributed by atoms with Crippen LogP contribution in [0.15, 0.2) is 71.6 Å². The molecule has 3 aromatic rings. The van der Waals surface area contributed by atoms with Crippen molar-refractivity contribution < 1.29 is 13.2 Å². The van der Waals surface area contributed by atoms with Crippen molar-refractivity contribution in [3.8, 4) is 0 Å². The Morgan fingerprint density at radius 2 is 1.66 bits per heavy atom. The predicted octanol–water partition coefficient (Wildman–Crippen LogP) is 4.31. The molecule has 10 heteroatoms. The molecule has 0 spiro atoms. The molecule has 4 unspecified atom stereocenters. The van der Waals surface area contributed by atoms with Crippen LogP contribution in [-0.4, -0.2) is 21.4 Å². The van der Waals surface area contributed by atoms with Gasteiger partial charge in [-0.25, -0.2) is 8.42 Å². The van der Waals surface area contributed by atoms with E-state index in [2.05, 4.69) is 41.7 Å². The van der Waals surface area contributed by atoms with Crippen molar-refractivity contribution in [2.75, 3.05) is 16.7 Å². The maximum Gasteiger partial charge on any atom is 0.262 e. The van der Waals surface area contributed by atoms with Gasteiger partial charge in [-0.3, -0.25) is 9.52 Å². The third-order valence-electron chi connectivity index (χ3n) is 4.95. The lowest BCUT2D eigenvalue weighted by molar-refractivity contribution is 0.0994. The molecule has 3 rings (SSSR count). The third kappa shape index (κ3) is 5.74. The van der Waals surface area contributed by atoms with Crippen molar-refractivity contribution in [1.29, 1.82) is 0 Å². The van der Waals surface area contributed by atoms with Crippen molar-refractivity contribution >= 4 is 69.6 Å². The summed E-state index contributed by atoms with van der Waals surface area (Å²) >= 11 is 0. The largest absolute Gasteiger partial charge is 0.311 e. The molecule has 0 saturated carbocycles. The van der Waals surface area contributed by atoms with E-state index in [4.69, 9.17) is 0 Å². The monoisotopic (exact) mass is 522 g/mol. The first kappa shape index (κ1) is 25.2. The van der Waals surface area contributed by atoms with Crippen LogP contribution in [-0.2, 0) is 14.7 Å². The lowest BCUT2D eigenvalue weighted by atomic mass is 10.1. The van der Waals surface area contributed by atoms with Crippen molar-refractivity contribution in [3.05, 3.63) is 83.4 Å². The molecular weight excluding hydrogens is 496 g/mol. The van der Waals surface area contributed by atoms with Crippen LogP contribution in [0.25, 0.3) is 0 Å². The average molecular weight is 522 g/mol. The predicted molar refractivity (Wildman–Crippen MR) is 148 cm³/mol. The van der Waals surface area contributed by atoms with Crippen LogP contribution in [0.5, 0.6) is 0 Å². The van der Waals surface area contributed by atoms with Gasteiger partial charge in [0.2, 0.25) is 0 Å². The molecule has 0 aliphatic carbocycles. The number of hydrogen-bond donors (Lipinski definition) is 1. The van der Waals surface area contributed by atoms with E-state index < -0.39 is 10.0 Å². The number of carbonyl (C=O) groups excluding carboxylic acids is 1. The van der Waals surface area contributed by atoms with E-state index in [9.17, 15) is 13.2 Å². The molecule has 0 fully saturated rings. The highest BCUT2D eigenvalue weighted by Crippen LogP contribution is 2.45. The first-order chi connectivity index (χ1) is 14.9. The number of nitrogens with one attached hydrogen (secondary N) is 1. The van der Waals surface area contributed by atoms with Gasteiger partial charge in [0.15, 0.2) is 0 Å². The number of anilines is 2. The Bertz CT molecular complexity index is 1270. The van der Waals surface area contributed by atoms with Gasteiger partial charge in [-0.05, 0) is 59.8 Å². The summed E-state index contributed by atoms with van der Waals surface area (Å²) in [6.45, 7) is 1.72. The molecule has 168 valence electrons. The quantitative estimate of drug-likeness (QED) is 0.491. The highest BCUT2D eigenvalue weighted by Gasteiger charge is 2.21. The molecule has 32 heavy (non-hydrogen) atoms. The molecular formula is C22H26N2O3P4S. The maximum absolute atomic E-state index is 13.1. The average Bonchev–Trinajstić information content (AvgIpc) is 2.72. The van der Waals surface area contributed by atoms with Crippen molar-refractivity contribution in [2.45, 2.75) is 16.5 Å². The van der Waals surface area contributed by atoms with E-state index in [0.717, 1.165) is 10.9 Å². The lowest BCUT2D eigenvalue weighted by Crippen LogP contribution is -2.29. The molecule has 1 amide bonds. The fraction of sp³-hybridized carbons (Fsp3) is 0.136. The number of hydrogen-bond acceptors (Lipinski definition) is 3. The van der Waals surface area contributed by atoms with Crippen molar-refractivity contribution in [1.82, 2.24) is 0 Å². The second kappa shape index (κ2) is 9.84.